The van der Waals surface area contributed by atoms with E-state index in [9.17, 15) is 14.9 Å². The smallest absolute Gasteiger partial charge is 0.271 e. The summed E-state index contributed by atoms with van der Waals surface area (Å²) < 4.78 is 7.60. The first-order valence-corrected chi connectivity index (χ1v) is 13.3. The average molecular weight is 544 g/mol. The second kappa shape index (κ2) is 11.8. The van der Waals surface area contributed by atoms with Gasteiger partial charge in [-0.2, -0.15) is 10.4 Å². The van der Waals surface area contributed by atoms with Crippen LogP contribution in [0.4, 0.5) is 0 Å². The Kier molecular flexibility index (Phi) is 7.88. The molecule has 3 heterocycles. The fourth-order valence-electron chi connectivity index (χ4n) is 4.51. The molecule has 4 aromatic rings. The van der Waals surface area contributed by atoms with E-state index in [1.54, 1.807) is 42.2 Å². The van der Waals surface area contributed by atoms with Crippen molar-refractivity contribution in [2.75, 3.05) is 6.61 Å². The van der Waals surface area contributed by atoms with Crippen LogP contribution in [0, 0.1) is 17.2 Å². The van der Waals surface area contributed by atoms with Gasteiger partial charge in [-0.15, -0.1) is 0 Å². The third kappa shape index (κ3) is 5.85. The molecule has 2 aromatic carbocycles. The van der Waals surface area contributed by atoms with Crippen molar-refractivity contribution >= 4 is 17.9 Å². The second-order valence-corrected chi connectivity index (χ2v) is 10.2. The van der Waals surface area contributed by atoms with Crippen molar-refractivity contribution in [3.8, 4) is 28.8 Å². The van der Waals surface area contributed by atoms with Crippen molar-refractivity contribution in [3.05, 3.63) is 113 Å². The molecular weight excluding hydrogens is 514 g/mol. The lowest BCUT2D eigenvalue weighted by Gasteiger charge is -2.27. The third-order valence-corrected chi connectivity index (χ3v) is 6.66. The van der Waals surface area contributed by atoms with Gasteiger partial charge in [0, 0.05) is 35.3 Å². The van der Waals surface area contributed by atoms with Crippen LogP contribution in [-0.2, 0) is 16.1 Å². The molecule has 0 bridgehead atoms. The number of carbonyl (C=O) groups is 2. The first-order chi connectivity index (χ1) is 19.9. The molecule has 0 N–H and O–H groups in total. The summed E-state index contributed by atoms with van der Waals surface area (Å²) in [7, 11) is 0. The minimum absolute atomic E-state index is 0.00921. The van der Waals surface area contributed by atoms with E-state index in [1.165, 1.54) is 0 Å². The average Bonchev–Trinajstić information content (AvgIpc) is 3.42. The zero-order valence-corrected chi connectivity index (χ0v) is 23.1. The minimum atomic E-state index is -0.617. The van der Waals surface area contributed by atoms with Crippen molar-refractivity contribution in [1.29, 1.82) is 5.26 Å². The Morgan fingerprint density at radius 3 is 2.41 bits per heavy atom. The number of para-hydroxylation sites is 1. The number of nitriles is 1. The number of hydrogen-bond donors (Lipinski definition) is 0. The first kappa shape index (κ1) is 27.3. The van der Waals surface area contributed by atoms with Gasteiger partial charge < -0.3 is 4.74 Å². The maximum atomic E-state index is 13.7. The number of hydrogen-bond acceptors (Lipinski definition) is 6. The second-order valence-electron chi connectivity index (χ2n) is 10.2. The zero-order valence-electron chi connectivity index (χ0n) is 23.1. The van der Waals surface area contributed by atoms with Crippen molar-refractivity contribution in [1.82, 2.24) is 19.7 Å². The van der Waals surface area contributed by atoms with E-state index in [0.29, 0.717) is 34.9 Å². The van der Waals surface area contributed by atoms with E-state index < -0.39 is 11.8 Å². The highest BCUT2D eigenvalue weighted by Crippen LogP contribution is 2.32. The molecule has 0 aliphatic carbocycles. The lowest BCUT2D eigenvalue weighted by Crippen LogP contribution is -2.42. The molecule has 8 nitrogen and oxygen atoms in total. The molecule has 1 aliphatic heterocycles. The third-order valence-electron chi connectivity index (χ3n) is 6.66. The molecule has 41 heavy (non-hydrogen) atoms. The number of ether oxygens (including phenoxy) is 1. The monoisotopic (exact) mass is 543 g/mol. The number of carbonyl (C=O) groups excluding carboxylic acids is 2. The molecule has 0 atom stereocenters. The SMILES string of the molecule is CC1=C(C#N)C(=O)N(Cc2cccnc2)C(=O)/C1=C/c1cn(-c2ccccc2)nc1-c1ccc(OCC(C)C)cc1. The molecule has 0 saturated carbocycles. The van der Waals surface area contributed by atoms with E-state index >= 15 is 0 Å². The fraction of sp³-hybridized carbons (Fsp3) is 0.182. The normalized spacial score (nSPS) is 14.6. The predicted molar refractivity (Wildman–Crippen MR) is 155 cm³/mol. The van der Waals surface area contributed by atoms with E-state index in [-0.39, 0.29) is 17.7 Å². The van der Waals surface area contributed by atoms with Crippen molar-refractivity contribution in [2.24, 2.45) is 5.92 Å². The Bertz CT molecular complexity index is 1680. The van der Waals surface area contributed by atoms with Gasteiger partial charge in [0.2, 0.25) is 0 Å². The Balaban J connectivity index is 1.60. The molecule has 204 valence electrons. The largest absolute Gasteiger partial charge is 0.493 e. The van der Waals surface area contributed by atoms with Crippen LogP contribution in [-0.4, -0.2) is 38.1 Å². The Morgan fingerprint density at radius 1 is 1.00 bits per heavy atom. The number of aromatic nitrogens is 3. The molecular formula is C33H29N5O3. The van der Waals surface area contributed by atoms with Crippen LogP contribution in [0.2, 0.25) is 0 Å². The highest BCUT2D eigenvalue weighted by Gasteiger charge is 2.35. The van der Waals surface area contributed by atoms with Crippen LogP contribution in [0.3, 0.4) is 0 Å². The number of imide groups is 1. The topological polar surface area (TPSA) is 101 Å². The first-order valence-electron chi connectivity index (χ1n) is 13.3. The molecule has 0 fully saturated rings. The van der Waals surface area contributed by atoms with Gasteiger partial charge in [0.15, 0.2) is 0 Å². The standard InChI is InChI=1S/C33H29N5O3/c1-22(2)21-41-28-13-11-25(12-14-28)31-26(20-38(36-31)27-9-5-4-6-10-27)16-29-23(3)30(17-34)33(40)37(32(29)39)19-24-8-7-15-35-18-24/h4-16,18,20,22H,19,21H2,1-3H3/b29-16+. The van der Waals surface area contributed by atoms with Crippen LogP contribution in [0.25, 0.3) is 23.0 Å². The summed E-state index contributed by atoms with van der Waals surface area (Å²) in [4.78, 5) is 32.1. The van der Waals surface area contributed by atoms with Crippen LogP contribution < -0.4 is 4.74 Å². The summed E-state index contributed by atoms with van der Waals surface area (Å²) >= 11 is 0. The molecule has 5 rings (SSSR count). The Morgan fingerprint density at radius 2 is 1.76 bits per heavy atom. The molecule has 1 aliphatic rings. The van der Waals surface area contributed by atoms with Gasteiger partial charge in [-0.05, 0) is 72.5 Å². The Labute approximate surface area is 238 Å². The summed E-state index contributed by atoms with van der Waals surface area (Å²) in [6.45, 7) is 6.44. The van der Waals surface area contributed by atoms with Crippen molar-refractivity contribution in [3.63, 3.8) is 0 Å². The summed E-state index contributed by atoms with van der Waals surface area (Å²) in [5.41, 5.74) is 4.20. The number of amides is 2. The van der Waals surface area contributed by atoms with Gasteiger partial charge in [-0.3, -0.25) is 19.5 Å². The minimum Gasteiger partial charge on any atom is -0.493 e. The highest BCUT2D eigenvalue weighted by molar-refractivity contribution is 6.19. The summed E-state index contributed by atoms with van der Waals surface area (Å²) in [5.74, 6) is 0.0652. The lowest BCUT2D eigenvalue weighted by atomic mass is 9.93. The van der Waals surface area contributed by atoms with Crippen molar-refractivity contribution < 1.29 is 14.3 Å². The summed E-state index contributed by atoms with van der Waals surface area (Å²) in [6, 6.07) is 22.8. The molecule has 0 saturated heterocycles. The van der Waals surface area contributed by atoms with Gasteiger partial charge >= 0.3 is 0 Å². The van der Waals surface area contributed by atoms with E-state index in [4.69, 9.17) is 9.84 Å². The van der Waals surface area contributed by atoms with Gasteiger partial charge in [-0.1, -0.05) is 38.1 Å². The molecule has 0 radical (unpaired) electrons. The van der Waals surface area contributed by atoms with Gasteiger partial charge in [-0.25, -0.2) is 4.68 Å². The van der Waals surface area contributed by atoms with E-state index in [2.05, 4.69) is 18.8 Å². The van der Waals surface area contributed by atoms with Crippen LogP contribution in [0.5, 0.6) is 5.75 Å². The van der Waals surface area contributed by atoms with E-state index in [1.807, 2.05) is 66.9 Å². The predicted octanol–water partition coefficient (Wildman–Crippen LogP) is 5.76. The van der Waals surface area contributed by atoms with Gasteiger partial charge in [0.05, 0.1) is 24.5 Å². The molecule has 0 unspecified atom stereocenters. The van der Waals surface area contributed by atoms with Gasteiger partial charge in [0.25, 0.3) is 11.8 Å². The maximum absolute atomic E-state index is 13.7. The number of nitrogens with zero attached hydrogens (tertiary/aromatic N) is 5. The van der Waals surface area contributed by atoms with E-state index in [0.717, 1.165) is 21.9 Å². The van der Waals surface area contributed by atoms with Crippen LogP contribution in [0.1, 0.15) is 31.9 Å². The van der Waals surface area contributed by atoms with Crippen LogP contribution in [0.15, 0.2) is 102 Å². The summed E-state index contributed by atoms with van der Waals surface area (Å²) in [5, 5.41) is 14.7. The Hall–Kier alpha value is -5.29. The number of benzene rings is 2. The molecule has 0 spiro atoms. The molecule has 8 heteroatoms. The molecule has 2 aromatic heterocycles. The lowest BCUT2D eigenvalue weighted by molar-refractivity contribution is -0.141. The molecule has 2 amide bonds. The zero-order chi connectivity index (χ0) is 28.9. The number of pyridine rings is 1. The van der Waals surface area contributed by atoms with Gasteiger partial charge in [0.1, 0.15) is 17.4 Å². The van der Waals surface area contributed by atoms with Crippen LogP contribution >= 0.6 is 0 Å². The summed E-state index contributed by atoms with van der Waals surface area (Å²) in [6.07, 6.45) is 6.77. The highest BCUT2D eigenvalue weighted by atomic mass is 16.5. The van der Waals surface area contributed by atoms with Crippen molar-refractivity contribution in [2.45, 2.75) is 27.3 Å². The number of rotatable bonds is 8. The quantitative estimate of drug-likeness (QED) is 0.207. The fourth-order valence-corrected chi connectivity index (χ4v) is 4.51. The maximum Gasteiger partial charge on any atom is 0.271 e.